The average molecular weight is 399 g/mol. The van der Waals surface area contributed by atoms with Crippen LogP contribution in [-0.2, 0) is 0 Å². The predicted molar refractivity (Wildman–Crippen MR) is 109 cm³/mol. The van der Waals surface area contributed by atoms with Gasteiger partial charge in [0.2, 0.25) is 0 Å². The molecule has 2 rings (SSSR count). The Kier molecular flexibility index (Phi) is 6.26. The van der Waals surface area contributed by atoms with Crippen LogP contribution in [0.4, 0.5) is 5.69 Å². The number of para-hydroxylation sites is 1. The number of nitrogens with zero attached hydrogens (tertiary/aromatic N) is 2. The zero-order valence-corrected chi connectivity index (χ0v) is 17.4. The van der Waals surface area contributed by atoms with Crippen molar-refractivity contribution in [2.45, 2.75) is 40.2 Å². The average Bonchev–Trinajstić information content (AvgIpc) is 2.62. The first-order valence-electron chi connectivity index (χ1n) is 9.01. The number of aryl methyl sites for hydroxylation is 2. The highest BCUT2D eigenvalue weighted by Gasteiger charge is 2.32. The molecular formula is C21H25N3O5. The molecule has 0 aliphatic rings. The summed E-state index contributed by atoms with van der Waals surface area (Å²) in [6.07, 6.45) is 0. The lowest BCUT2D eigenvalue weighted by Gasteiger charge is -2.35. The van der Waals surface area contributed by atoms with Crippen molar-refractivity contribution < 1.29 is 19.2 Å². The molecule has 0 radical (unpaired) electrons. The van der Waals surface area contributed by atoms with Gasteiger partial charge in [0, 0.05) is 5.56 Å². The molecule has 0 heterocycles. The summed E-state index contributed by atoms with van der Waals surface area (Å²) < 4.78 is 5.01. The fourth-order valence-corrected chi connectivity index (χ4v) is 2.97. The van der Waals surface area contributed by atoms with Crippen molar-refractivity contribution in [3.63, 3.8) is 0 Å². The molecule has 1 N–H and O–H groups in total. The van der Waals surface area contributed by atoms with Crippen molar-refractivity contribution in [3.8, 4) is 5.75 Å². The van der Waals surface area contributed by atoms with E-state index in [1.165, 1.54) is 30.3 Å². The van der Waals surface area contributed by atoms with Crippen molar-refractivity contribution in [3.05, 3.63) is 68.8 Å². The maximum absolute atomic E-state index is 13.2. The highest BCUT2D eigenvalue weighted by atomic mass is 16.6. The van der Waals surface area contributed by atoms with E-state index in [1.54, 1.807) is 32.9 Å². The highest BCUT2D eigenvalue weighted by molar-refractivity contribution is 6.02. The van der Waals surface area contributed by atoms with Crippen molar-refractivity contribution in [1.29, 1.82) is 0 Å². The monoisotopic (exact) mass is 399 g/mol. The highest BCUT2D eigenvalue weighted by Crippen LogP contribution is 2.30. The van der Waals surface area contributed by atoms with Gasteiger partial charge in [-0.1, -0.05) is 23.3 Å². The fourth-order valence-electron chi connectivity index (χ4n) is 2.97. The molecule has 2 amide bonds. The van der Waals surface area contributed by atoms with Crippen LogP contribution in [0.3, 0.4) is 0 Å². The lowest BCUT2D eigenvalue weighted by Crippen LogP contribution is -2.56. The van der Waals surface area contributed by atoms with Crippen LogP contribution in [0.15, 0.2) is 36.4 Å². The van der Waals surface area contributed by atoms with E-state index in [2.05, 4.69) is 5.43 Å². The maximum atomic E-state index is 13.2. The molecule has 0 saturated heterocycles. The molecule has 0 aromatic heterocycles. The molecule has 0 aliphatic heterocycles. The Morgan fingerprint density at radius 1 is 1.10 bits per heavy atom. The number of amides is 2. The normalized spacial score (nSPS) is 11.0. The molecule has 0 saturated carbocycles. The minimum absolute atomic E-state index is 0.0365. The molecular weight excluding hydrogens is 374 g/mol. The van der Waals surface area contributed by atoms with Gasteiger partial charge in [-0.15, -0.1) is 0 Å². The van der Waals surface area contributed by atoms with Crippen LogP contribution >= 0.6 is 0 Å². The van der Waals surface area contributed by atoms with E-state index in [-0.39, 0.29) is 11.3 Å². The maximum Gasteiger partial charge on any atom is 0.323 e. The number of hydrogen-bond acceptors (Lipinski definition) is 5. The largest absolute Gasteiger partial charge is 0.490 e. The third-order valence-electron chi connectivity index (χ3n) is 4.20. The lowest BCUT2D eigenvalue weighted by molar-refractivity contribution is -0.386. The van der Waals surface area contributed by atoms with E-state index in [1.807, 2.05) is 19.9 Å². The Hall–Kier alpha value is -3.42. The van der Waals surface area contributed by atoms with Gasteiger partial charge in [-0.05, 0) is 58.9 Å². The smallest absolute Gasteiger partial charge is 0.323 e. The first-order chi connectivity index (χ1) is 13.5. The molecule has 2 aromatic rings. The van der Waals surface area contributed by atoms with E-state index in [0.717, 1.165) is 11.1 Å². The summed E-state index contributed by atoms with van der Waals surface area (Å²) in [6, 6.07) is 9.60. The third kappa shape index (κ3) is 4.90. The van der Waals surface area contributed by atoms with Crippen LogP contribution in [0.2, 0.25) is 0 Å². The second kappa shape index (κ2) is 8.30. The molecule has 0 spiro atoms. The topological polar surface area (TPSA) is 102 Å². The van der Waals surface area contributed by atoms with Gasteiger partial charge in [-0.2, -0.15) is 0 Å². The molecule has 29 heavy (non-hydrogen) atoms. The SMILES string of the molecule is COc1cccc(C(=O)NN(C(=O)c2cc(C)cc(C)c2)C(C)(C)C)c1[N+](=O)[O-]. The number of hydrogen-bond donors (Lipinski definition) is 1. The first kappa shape index (κ1) is 21.9. The molecule has 0 atom stereocenters. The van der Waals surface area contributed by atoms with Gasteiger partial charge >= 0.3 is 5.69 Å². The number of methoxy groups -OCH3 is 1. The van der Waals surface area contributed by atoms with Gasteiger partial charge in [0.25, 0.3) is 11.8 Å². The van der Waals surface area contributed by atoms with Gasteiger partial charge in [-0.25, -0.2) is 5.01 Å². The van der Waals surface area contributed by atoms with Crippen LogP contribution in [0.5, 0.6) is 5.75 Å². The molecule has 154 valence electrons. The second-order valence-corrected chi connectivity index (χ2v) is 7.74. The Balaban J connectivity index is 2.46. The number of nitro groups is 1. The van der Waals surface area contributed by atoms with E-state index in [0.29, 0.717) is 5.56 Å². The lowest BCUT2D eigenvalue weighted by atomic mass is 10.0. The van der Waals surface area contributed by atoms with Gasteiger partial charge < -0.3 is 4.74 Å². The van der Waals surface area contributed by atoms with Crippen molar-refractivity contribution >= 4 is 17.5 Å². The van der Waals surface area contributed by atoms with Gasteiger partial charge in [0.05, 0.1) is 17.6 Å². The van der Waals surface area contributed by atoms with Gasteiger partial charge in [-0.3, -0.25) is 25.1 Å². The molecule has 0 aliphatic carbocycles. The summed E-state index contributed by atoms with van der Waals surface area (Å²) in [4.78, 5) is 36.9. The first-order valence-corrected chi connectivity index (χ1v) is 9.01. The second-order valence-electron chi connectivity index (χ2n) is 7.74. The number of rotatable bonds is 4. The number of hydrazine groups is 1. The molecule has 8 heteroatoms. The number of carbonyl (C=O) groups excluding carboxylic acids is 2. The summed E-state index contributed by atoms with van der Waals surface area (Å²) in [7, 11) is 1.29. The van der Waals surface area contributed by atoms with E-state index < -0.39 is 28.0 Å². The zero-order valence-electron chi connectivity index (χ0n) is 17.4. The molecule has 0 fully saturated rings. The van der Waals surface area contributed by atoms with Crippen molar-refractivity contribution in [2.75, 3.05) is 7.11 Å². The quantitative estimate of drug-likeness (QED) is 0.622. The van der Waals surface area contributed by atoms with Crippen LogP contribution in [-0.4, -0.2) is 34.4 Å². The van der Waals surface area contributed by atoms with Crippen molar-refractivity contribution in [1.82, 2.24) is 10.4 Å². The number of ether oxygens (including phenoxy) is 1. The molecule has 0 unspecified atom stereocenters. The summed E-state index contributed by atoms with van der Waals surface area (Å²) >= 11 is 0. The van der Waals surface area contributed by atoms with Crippen LogP contribution < -0.4 is 10.2 Å². The van der Waals surface area contributed by atoms with E-state index in [9.17, 15) is 19.7 Å². The minimum atomic E-state index is -0.780. The Morgan fingerprint density at radius 2 is 1.69 bits per heavy atom. The predicted octanol–water partition coefficient (Wildman–Crippen LogP) is 3.81. The summed E-state index contributed by atoms with van der Waals surface area (Å²) in [6.45, 7) is 9.03. The minimum Gasteiger partial charge on any atom is -0.490 e. The Bertz CT molecular complexity index is 943. The zero-order chi connectivity index (χ0) is 21.9. The van der Waals surface area contributed by atoms with E-state index >= 15 is 0 Å². The molecule has 0 bridgehead atoms. The fraction of sp³-hybridized carbons (Fsp3) is 0.333. The summed E-state index contributed by atoms with van der Waals surface area (Å²) in [5, 5.41) is 12.7. The standard InChI is InChI=1S/C21H25N3O5/c1-13-10-14(2)12-15(11-13)20(26)23(21(3,4)5)22-19(25)16-8-7-9-17(29-6)18(16)24(27)28/h7-12H,1-6H3,(H,22,25). The van der Waals surface area contributed by atoms with Crippen LogP contribution in [0, 0.1) is 24.0 Å². The number of nitro benzene ring substituents is 1. The Labute approximate surface area is 169 Å². The van der Waals surface area contributed by atoms with Gasteiger partial charge in [0.1, 0.15) is 5.56 Å². The molecule has 8 nitrogen and oxygen atoms in total. The third-order valence-corrected chi connectivity index (χ3v) is 4.20. The number of benzene rings is 2. The molecule has 2 aromatic carbocycles. The number of carbonyl (C=O) groups is 2. The number of nitrogens with one attached hydrogen (secondary N) is 1. The summed E-state index contributed by atoms with van der Waals surface area (Å²) in [5.41, 5.74) is 3.35. The van der Waals surface area contributed by atoms with Gasteiger partial charge in [0.15, 0.2) is 5.75 Å². The Morgan fingerprint density at radius 3 is 2.17 bits per heavy atom. The van der Waals surface area contributed by atoms with E-state index in [4.69, 9.17) is 4.74 Å². The van der Waals surface area contributed by atoms with Crippen molar-refractivity contribution in [2.24, 2.45) is 0 Å². The summed E-state index contributed by atoms with van der Waals surface area (Å²) in [5.74, 6) is -1.22. The van der Waals surface area contributed by atoms with Crippen LogP contribution in [0.25, 0.3) is 0 Å². The van der Waals surface area contributed by atoms with Crippen LogP contribution in [0.1, 0.15) is 52.6 Å².